The third-order valence-electron chi connectivity index (χ3n) is 2.88. The Hall–Kier alpha value is -1.48. The van der Waals surface area contributed by atoms with Crippen molar-refractivity contribution in [2.75, 3.05) is 0 Å². The maximum Gasteiger partial charge on any atom is 0.115 e. The van der Waals surface area contributed by atoms with Gasteiger partial charge in [0.15, 0.2) is 0 Å². The summed E-state index contributed by atoms with van der Waals surface area (Å²) in [6, 6.07) is 8.45. The van der Waals surface area contributed by atoms with Gasteiger partial charge in [0, 0.05) is 16.4 Å². The summed E-state index contributed by atoms with van der Waals surface area (Å²) in [7, 11) is 0. The van der Waals surface area contributed by atoms with Crippen LogP contribution in [0.2, 0.25) is 0 Å². The first-order valence-electron chi connectivity index (χ1n) is 5.59. The molecule has 0 saturated heterocycles. The van der Waals surface area contributed by atoms with Crippen LogP contribution in [0.3, 0.4) is 0 Å². The summed E-state index contributed by atoms with van der Waals surface area (Å²) in [6.45, 7) is 4.69. The van der Waals surface area contributed by atoms with Gasteiger partial charge in [-0.15, -0.1) is 0 Å². The van der Waals surface area contributed by atoms with Gasteiger partial charge in [0.2, 0.25) is 0 Å². The Morgan fingerprint density at radius 3 is 3.06 bits per heavy atom. The van der Waals surface area contributed by atoms with Crippen LogP contribution < -0.4 is 0 Å². The third-order valence-corrected chi connectivity index (χ3v) is 3.91. The molecule has 86 valence electrons. The Morgan fingerprint density at radius 2 is 2.18 bits per heavy atom. The lowest BCUT2D eigenvalue weighted by atomic mass is 10.1. The number of fused-ring (bicyclic) bond motifs is 2. The molecular formula is C14H13NOS. The molecule has 0 N–H and O–H groups in total. The molecule has 0 spiro atoms. The lowest BCUT2D eigenvalue weighted by Crippen LogP contribution is -1.94. The molecule has 0 amide bonds. The molecule has 0 bridgehead atoms. The number of nitrogens with zero attached hydrogens (tertiary/aromatic N) is 1. The molecule has 1 aromatic carbocycles. The van der Waals surface area contributed by atoms with Gasteiger partial charge >= 0.3 is 0 Å². The number of rotatable bonds is 0. The average molecular weight is 243 g/mol. The maximum absolute atomic E-state index is 5.61. The van der Waals surface area contributed by atoms with E-state index in [1.165, 1.54) is 16.5 Å². The van der Waals surface area contributed by atoms with Crippen molar-refractivity contribution < 1.29 is 4.74 Å². The van der Waals surface area contributed by atoms with E-state index in [9.17, 15) is 0 Å². The summed E-state index contributed by atoms with van der Waals surface area (Å²) in [5, 5.41) is 4.26. The molecule has 2 aromatic rings. The standard InChI is InChI=1S/C14H13NOS/c1-9-4-3-5-11-6-12-7-16-10(2)8-17-14(12)15-13(9)11/h3-6,8H,7H2,1-2H3. The number of allylic oxidation sites excluding steroid dienone is 1. The molecular weight excluding hydrogens is 230 g/mol. The van der Waals surface area contributed by atoms with E-state index in [0.29, 0.717) is 6.61 Å². The van der Waals surface area contributed by atoms with Crippen molar-refractivity contribution in [3.63, 3.8) is 0 Å². The molecule has 1 aromatic heterocycles. The summed E-state index contributed by atoms with van der Waals surface area (Å²) in [5.74, 6) is 0.953. The molecule has 0 saturated carbocycles. The van der Waals surface area contributed by atoms with Crippen LogP contribution >= 0.6 is 11.8 Å². The molecule has 1 aliphatic heterocycles. The van der Waals surface area contributed by atoms with Crippen LogP contribution in [0.5, 0.6) is 0 Å². The third kappa shape index (κ3) is 1.91. The van der Waals surface area contributed by atoms with Crippen LogP contribution in [0, 0.1) is 6.92 Å². The fourth-order valence-corrected chi connectivity index (χ4v) is 2.70. The number of ether oxygens (including phenoxy) is 1. The second kappa shape index (κ2) is 4.08. The minimum Gasteiger partial charge on any atom is -0.493 e. The smallest absolute Gasteiger partial charge is 0.115 e. The molecule has 3 rings (SSSR count). The van der Waals surface area contributed by atoms with Gasteiger partial charge in [-0.25, -0.2) is 4.98 Å². The zero-order valence-corrected chi connectivity index (χ0v) is 10.7. The van der Waals surface area contributed by atoms with Crippen molar-refractivity contribution in [3.05, 3.63) is 46.6 Å². The Labute approximate surface area is 105 Å². The zero-order valence-electron chi connectivity index (χ0n) is 9.86. The van der Waals surface area contributed by atoms with Gasteiger partial charge in [-0.3, -0.25) is 0 Å². The van der Waals surface area contributed by atoms with Gasteiger partial charge in [-0.05, 0) is 25.5 Å². The van der Waals surface area contributed by atoms with Crippen LogP contribution in [-0.4, -0.2) is 4.98 Å². The topological polar surface area (TPSA) is 22.1 Å². The van der Waals surface area contributed by atoms with Crippen LogP contribution in [0.25, 0.3) is 10.9 Å². The van der Waals surface area contributed by atoms with Crippen molar-refractivity contribution in [1.29, 1.82) is 0 Å². The highest BCUT2D eigenvalue weighted by atomic mass is 32.2. The SMILES string of the molecule is CC1=CSc2nc3c(C)cccc3cc2CO1. The molecule has 3 heteroatoms. The van der Waals surface area contributed by atoms with E-state index in [4.69, 9.17) is 9.72 Å². The van der Waals surface area contributed by atoms with E-state index in [0.717, 1.165) is 16.3 Å². The highest BCUT2D eigenvalue weighted by Gasteiger charge is 2.12. The predicted octanol–water partition coefficient (Wildman–Crippen LogP) is 4.03. The highest BCUT2D eigenvalue weighted by Crippen LogP contribution is 2.31. The van der Waals surface area contributed by atoms with Crippen molar-refractivity contribution in [3.8, 4) is 0 Å². The number of hydrogen-bond donors (Lipinski definition) is 0. The van der Waals surface area contributed by atoms with Gasteiger partial charge in [0.25, 0.3) is 0 Å². The lowest BCUT2D eigenvalue weighted by molar-refractivity contribution is 0.200. The quantitative estimate of drug-likeness (QED) is 0.697. The van der Waals surface area contributed by atoms with E-state index in [2.05, 4.69) is 31.2 Å². The number of aromatic nitrogens is 1. The van der Waals surface area contributed by atoms with Gasteiger partial charge < -0.3 is 4.74 Å². The number of pyridine rings is 1. The number of thioether (sulfide) groups is 1. The van der Waals surface area contributed by atoms with Gasteiger partial charge in [-0.1, -0.05) is 30.0 Å². The van der Waals surface area contributed by atoms with Crippen molar-refractivity contribution >= 4 is 22.7 Å². The van der Waals surface area contributed by atoms with Crippen LogP contribution in [-0.2, 0) is 11.3 Å². The van der Waals surface area contributed by atoms with Crippen molar-refractivity contribution in [2.45, 2.75) is 25.5 Å². The molecule has 0 radical (unpaired) electrons. The molecule has 17 heavy (non-hydrogen) atoms. The first kappa shape index (κ1) is 10.7. The summed E-state index contributed by atoms with van der Waals surface area (Å²) in [5.41, 5.74) is 3.48. The highest BCUT2D eigenvalue weighted by molar-refractivity contribution is 8.02. The van der Waals surface area contributed by atoms with Crippen LogP contribution in [0.4, 0.5) is 0 Å². The largest absolute Gasteiger partial charge is 0.493 e. The monoisotopic (exact) mass is 243 g/mol. The normalized spacial score (nSPS) is 14.8. The fraction of sp³-hybridized carbons (Fsp3) is 0.214. The predicted molar refractivity (Wildman–Crippen MR) is 70.9 cm³/mol. The van der Waals surface area contributed by atoms with E-state index in [1.807, 2.05) is 12.3 Å². The molecule has 1 aliphatic rings. The number of benzene rings is 1. The van der Waals surface area contributed by atoms with Crippen LogP contribution in [0.15, 0.2) is 40.5 Å². The summed E-state index contributed by atoms with van der Waals surface area (Å²) >= 11 is 1.64. The van der Waals surface area contributed by atoms with E-state index in [-0.39, 0.29) is 0 Å². The summed E-state index contributed by atoms with van der Waals surface area (Å²) in [4.78, 5) is 4.75. The number of aryl methyl sites for hydroxylation is 1. The Kier molecular flexibility index (Phi) is 2.56. The van der Waals surface area contributed by atoms with Gasteiger partial charge in [-0.2, -0.15) is 0 Å². The fourth-order valence-electron chi connectivity index (χ4n) is 1.94. The van der Waals surface area contributed by atoms with E-state index >= 15 is 0 Å². The maximum atomic E-state index is 5.61. The number of hydrogen-bond acceptors (Lipinski definition) is 3. The minimum absolute atomic E-state index is 0.613. The number of para-hydroxylation sites is 1. The van der Waals surface area contributed by atoms with Crippen molar-refractivity contribution in [2.24, 2.45) is 0 Å². The molecule has 0 unspecified atom stereocenters. The average Bonchev–Trinajstić information content (AvgIpc) is 2.51. The molecule has 2 heterocycles. The molecule has 2 nitrogen and oxygen atoms in total. The zero-order chi connectivity index (χ0) is 11.8. The summed E-state index contributed by atoms with van der Waals surface area (Å²) < 4.78 is 5.61. The van der Waals surface area contributed by atoms with Crippen LogP contribution in [0.1, 0.15) is 18.1 Å². The Morgan fingerprint density at radius 1 is 1.29 bits per heavy atom. The summed E-state index contributed by atoms with van der Waals surface area (Å²) in [6.07, 6.45) is 0. The molecule has 0 aliphatic carbocycles. The Bertz CT molecular complexity index is 619. The second-order valence-electron chi connectivity index (χ2n) is 4.23. The minimum atomic E-state index is 0.613. The first-order chi connectivity index (χ1) is 8.24. The molecule has 0 atom stereocenters. The van der Waals surface area contributed by atoms with Gasteiger partial charge in [0.05, 0.1) is 5.52 Å². The molecule has 0 fully saturated rings. The van der Waals surface area contributed by atoms with E-state index in [1.54, 1.807) is 11.8 Å². The van der Waals surface area contributed by atoms with Gasteiger partial charge in [0.1, 0.15) is 17.4 Å². The first-order valence-corrected chi connectivity index (χ1v) is 6.47. The Balaban J connectivity index is 2.21. The second-order valence-corrected chi connectivity index (χ2v) is 5.09. The lowest BCUT2D eigenvalue weighted by Gasteiger charge is -2.08. The van der Waals surface area contributed by atoms with E-state index < -0.39 is 0 Å². The van der Waals surface area contributed by atoms with Crippen molar-refractivity contribution in [1.82, 2.24) is 4.98 Å².